The molecule has 0 fully saturated rings. The van der Waals surface area contributed by atoms with Gasteiger partial charge in [-0.1, -0.05) is 0 Å². The Kier molecular flexibility index (Phi) is 6.35. The van der Waals surface area contributed by atoms with Crippen molar-refractivity contribution in [1.29, 1.82) is 0 Å². The molecule has 0 saturated heterocycles. The van der Waals surface area contributed by atoms with E-state index in [-0.39, 0.29) is 0 Å². The fraction of sp³-hybridized carbons (Fsp3) is 0.182. The number of hydrogen-bond acceptors (Lipinski definition) is 0. The van der Waals surface area contributed by atoms with Crippen molar-refractivity contribution in [1.82, 2.24) is 0 Å². The van der Waals surface area contributed by atoms with Crippen LogP contribution in [0.2, 0.25) is 0 Å². The quantitative estimate of drug-likeness (QED) is 0.577. The van der Waals surface area contributed by atoms with Crippen LogP contribution < -0.4 is 0 Å². The molecule has 0 nitrogen and oxygen atoms in total. The van der Waals surface area contributed by atoms with E-state index in [1.54, 1.807) is 0 Å². The Morgan fingerprint density at radius 3 is 2.43 bits per heavy atom. The molecule has 0 radical (unpaired) electrons. The van der Waals surface area contributed by atoms with Crippen LogP contribution in [0.5, 0.6) is 0 Å². The summed E-state index contributed by atoms with van der Waals surface area (Å²) in [5.41, 5.74) is 1.23. The van der Waals surface area contributed by atoms with Gasteiger partial charge in [0.1, 0.15) is 0 Å². The number of allylic oxidation sites excluding steroid dienone is 1. The van der Waals surface area contributed by atoms with E-state index >= 15 is 0 Å². The Hall–Kier alpha value is 0.0334. The summed E-state index contributed by atoms with van der Waals surface area (Å²) in [4.78, 5) is 0. The Balaban J connectivity index is 2.32. The summed E-state index contributed by atoms with van der Waals surface area (Å²) in [7, 11) is 11.4. The molecule has 0 amide bonds. The third kappa shape index (κ3) is 5.70. The second-order valence-corrected chi connectivity index (χ2v) is 8.67. The van der Waals surface area contributed by atoms with Gasteiger partial charge in [0, 0.05) is 0 Å². The Bertz CT molecular complexity index is 313. The Labute approximate surface area is 98.0 Å². The number of hydrogen-bond donors (Lipinski definition) is 0. The van der Waals surface area contributed by atoms with Gasteiger partial charge in [-0.15, -0.1) is 0 Å². The van der Waals surface area contributed by atoms with Crippen molar-refractivity contribution in [2.45, 2.75) is 12.8 Å². The average molecular weight is 316 g/mol. The molecule has 14 heavy (non-hydrogen) atoms. The molecule has 1 aromatic rings. The molecule has 0 aliphatic heterocycles. The summed E-state index contributed by atoms with van der Waals surface area (Å²) < 4.78 is 2.03. The standard InChI is InChI=1S/C11H12.2ClH.Ru/c1-2-3-5-8-11-9-6-4-7-10-11;;;/h1,4-10H,2-3H2;2*1H;/q;;;+2/p-2/b8-5+;;;. The molecule has 1 aromatic carbocycles. The first-order chi connectivity index (χ1) is 6.79. The van der Waals surface area contributed by atoms with Gasteiger partial charge < -0.3 is 0 Å². The van der Waals surface area contributed by atoms with Gasteiger partial charge in [0.05, 0.1) is 0 Å². The molecule has 0 bridgehead atoms. The minimum atomic E-state index is -1.54. The van der Waals surface area contributed by atoms with Crippen molar-refractivity contribution >= 4 is 30.1 Å². The molecule has 0 N–H and O–H groups in total. The van der Waals surface area contributed by atoms with Crippen LogP contribution in [-0.4, -0.2) is 4.61 Å². The molecular weight excluding hydrogens is 304 g/mol. The number of rotatable bonds is 4. The first-order valence-corrected chi connectivity index (χ1v) is 9.80. The van der Waals surface area contributed by atoms with Gasteiger partial charge in [0.25, 0.3) is 0 Å². The van der Waals surface area contributed by atoms with Gasteiger partial charge >= 0.3 is 98.4 Å². The van der Waals surface area contributed by atoms with Gasteiger partial charge in [-0.2, -0.15) is 0 Å². The maximum atomic E-state index is 5.70. The van der Waals surface area contributed by atoms with Crippen molar-refractivity contribution in [2.75, 3.05) is 0 Å². The van der Waals surface area contributed by atoms with E-state index in [1.807, 2.05) is 22.8 Å². The predicted octanol–water partition coefficient (Wildman–Crippen LogP) is 4.21. The van der Waals surface area contributed by atoms with Crippen LogP contribution in [0, 0.1) is 0 Å². The van der Waals surface area contributed by atoms with Crippen molar-refractivity contribution < 1.29 is 13.5 Å². The van der Waals surface area contributed by atoms with Crippen LogP contribution in [0.15, 0.2) is 36.4 Å². The van der Waals surface area contributed by atoms with E-state index in [2.05, 4.69) is 24.3 Å². The van der Waals surface area contributed by atoms with E-state index in [0.29, 0.717) is 0 Å². The molecular formula is C11H12Cl2Ru. The SMILES string of the molecule is [Cl][Ru]([Cl])=[CH]CC/C=C/c1ccccc1. The van der Waals surface area contributed by atoms with E-state index in [9.17, 15) is 0 Å². The fourth-order valence-electron chi connectivity index (χ4n) is 1.02. The van der Waals surface area contributed by atoms with Crippen LogP contribution in [0.3, 0.4) is 0 Å². The van der Waals surface area contributed by atoms with Crippen LogP contribution >= 0.6 is 19.4 Å². The summed E-state index contributed by atoms with van der Waals surface area (Å²) in [6.45, 7) is 0. The second-order valence-electron chi connectivity index (χ2n) is 2.74. The monoisotopic (exact) mass is 316 g/mol. The molecule has 3 heteroatoms. The summed E-state index contributed by atoms with van der Waals surface area (Å²) in [5, 5.41) is 0. The van der Waals surface area contributed by atoms with Crippen LogP contribution in [0.1, 0.15) is 18.4 Å². The van der Waals surface area contributed by atoms with E-state index in [0.717, 1.165) is 12.8 Å². The summed E-state index contributed by atoms with van der Waals surface area (Å²) in [6.07, 6.45) is 6.26. The van der Waals surface area contributed by atoms with Gasteiger partial charge in [0.2, 0.25) is 0 Å². The van der Waals surface area contributed by atoms with Crippen molar-refractivity contribution in [3.05, 3.63) is 42.0 Å². The number of unbranched alkanes of at least 4 members (excludes halogenated alkanes) is 1. The zero-order valence-electron chi connectivity index (χ0n) is 7.64. The predicted molar refractivity (Wildman–Crippen MR) is 62.5 cm³/mol. The molecule has 0 unspecified atom stereocenters. The molecule has 78 valence electrons. The third-order valence-electron chi connectivity index (χ3n) is 1.65. The topological polar surface area (TPSA) is 0 Å². The first kappa shape index (κ1) is 12.1. The van der Waals surface area contributed by atoms with E-state index in [4.69, 9.17) is 19.4 Å². The van der Waals surface area contributed by atoms with Gasteiger partial charge in [-0.3, -0.25) is 0 Å². The molecule has 0 saturated carbocycles. The molecule has 0 atom stereocenters. The average Bonchev–Trinajstić information content (AvgIpc) is 2.18. The molecule has 0 aromatic heterocycles. The van der Waals surface area contributed by atoms with Crippen LogP contribution in [0.25, 0.3) is 6.08 Å². The van der Waals surface area contributed by atoms with Gasteiger partial charge in [-0.25, -0.2) is 0 Å². The maximum absolute atomic E-state index is 5.70. The molecule has 0 aliphatic rings. The normalized spacial score (nSPS) is 11.7. The van der Waals surface area contributed by atoms with Crippen molar-refractivity contribution in [2.24, 2.45) is 0 Å². The zero-order valence-corrected chi connectivity index (χ0v) is 10.9. The molecule has 0 heterocycles. The van der Waals surface area contributed by atoms with E-state index < -0.39 is 13.5 Å². The minimum absolute atomic E-state index is 0.981. The summed E-state index contributed by atoms with van der Waals surface area (Å²) >= 11 is -1.54. The van der Waals surface area contributed by atoms with Crippen molar-refractivity contribution in [3.8, 4) is 0 Å². The number of halogens is 2. The first-order valence-electron chi connectivity index (χ1n) is 4.32. The summed E-state index contributed by atoms with van der Waals surface area (Å²) in [5.74, 6) is 0. The molecule has 0 spiro atoms. The van der Waals surface area contributed by atoms with Gasteiger partial charge in [-0.05, 0) is 0 Å². The molecule has 0 aliphatic carbocycles. The van der Waals surface area contributed by atoms with Crippen molar-refractivity contribution in [3.63, 3.8) is 0 Å². The molecule has 1 rings (SSSR count). The van der Waals surface area contributed by atoms with Crippen LogP contribution in [0.4, 0.5) is 0 Å². The fourth-order valence-corrected chi connectivity index (χ4v) is 2.60. The number of benzene rings is 1. The van der Waals surface area contributed by atoms with E-state index in [1.165, 1.54) is 5.56 Å². The van der Waals surface area contributed by atoms with Crippen LogP contribution in [-0.2, 0) is 13.5 Å². The van der Waals surface area contributed by atoms with Gasteiger partial charge in [0.15, 0.2) is 0 Å². The zero-order chi connectivity index (χ0) is 10.2. The second kappa shape index (κ2) is 7.34. The third-order valence-corrected chi connectivity index (χ3v) is 3.98. The Morgan fingerprint density at radius 2 is 1.79 bits per heavy atom. The summed E-state index contributed by atoms with van der Waals surface area (Å²) in [6, 6.07) is 10.3. The Morgan fingerprint density at radius 1 is 1.07 bits per heavy atom.